The Hall–Kier alpha value is -0.700. The molecule has 1 saturated heterocycles. The Kier molecular flexibility index (Phi) is 4.03. The maximum absolute atomic E-state index is 11.2. The van der Waals surface area contributed by atoms with E-state index in [2.05, 4.69) is 13.6 Å². The van der Waals surface area contributed by atoms with Crippen molar-refractivity contribution in [1.82, 2.24) is 4.72 Å². The van der Waals surface area contributed by atoms with E-state index in [1.165, 1.54) is 0 Å². The average Bonchev–Trinajstić information content (AvgIpc) is 2.15. The summed E-state index contributed by atoms with van der Waals surface area (Å²) in [7, 11) is -3.97. The third kappa shape index (κ3) is 3.42. The number of esters is 1. The smallest absolute Gasteiger partial charge is 0.337 e. The number of carbonyl (C=O) groups excluding carboxylic acids is 1. The summed E-state index contributed by atoms with van der Waals surface area (Å²) in [6.07, 6.45) is -1.11. The molecule has 0 bridgehead atoms. The molecule has 0 amide bonds. The van der Waals surface area contributed by atoms with Crippen molar-refractivity contribution in [3.05, 3.63) is 0 Å². The molecule has 1 rings (SSSR count). The first kappa shape index (κ1) is 12.4. The van der Waals surface area contributed by atoms with Gasteiger partial charge in [0.15, 0.2) is 6.10 Å². The molecule has 0 aromatic heterocycles. The molecule has 7 nitrogen and oxygen atoms in total. The number of carbonyl (C=O) groups is 1. The molecule has 0 aromatic carbocycles. The summed E-state index contributed by atoms with van der Waals surface area (Å²) >= 11 is 0. The van der Waals surface area contributed by atoms with Crippen LogP contribution in [0.15, 0.2) is 0 Å². The van der Waals surface area contributed by atoms with Crippen LogP contribution >= 0.6 is 0 Å². The number of hydrogen-bond donors (Lipinski definition) is 2. The molecule has 0 radical (unpaired) electrons. The van der Waals surface area contributed by atoms with Gasteiger partial charge >= 0.3 is 16.3 Å². The van der Waals surface area contributed by atoms with E-state index in [-0.39, 0.29) is 13.0 Å². The Bertz CT molecular complexity index is 326. The zero-order chi connectivity index (χ0) is 11.5. The molecule has 1 heterocycles. The molecule has 8 heteroatoms. The fraction of sp³-hybridized carbons (Fsp3) is 0.857. The normalized spacial score (nSPS) is 29.7. The summed E-state index contributed by atoms with van der Waals surface area (Å²) in [5, 5.41) is 8.82. The van der Waals surface area contributed by atoms with Gasteiger partial charge in [0.2, 0.25) is 0 Å². The van der Waals surface area contributed by atoms with E-state index >= 15 is 0 Å². The van der Waals surface area contributed by atoms with Crippen molar-refractivity contribution in [2.24, 2.45) is 0 Å². The number of rotatable bonds is 3. The minimum absolute atomic E-state index is 0.0641. The van der Waals surface area contributed by atoms with E-state index in [1.54, 1.807) is 6.92 Å². The Morgan fingerprint density at radius 3 is 2.87 bits per heavy atom. The molecule has 0 aliphatic carbocycles. The van der Waals surface area contributed by atoms with E-state index in [1.807, 2.05) is 0 Å². The molecule has 88 valence electrons. The summed E-state index contributed by atoms with van der Waals surface area (Å²) in [5.74, 6) is -0.735. The second-order valence-corrected chi connectivity index (χ2v) is 4.36. The van der Waals surface area contributed by atoms with Crippen molar-refractivity contribution in [1.29, 1.82) is 0 Å². The van der Waals surface area contributed by atoms with Crippen LogP contribution in [0.2, 0.25) is 0 Å². The first-order chi connectivity index (χ1) is 6.98. The van der Waals surface area contributed by atoms with Crippen LogP contribution in [0.5, 0.6) is 0 Å². The zero-order valence-electron chi connectivity index (χ0n) is 8.17. The lowest BCUT2D eigenvalue weighted by Gasteiger charge is -2.26. The Labute approximate surface area is 87.6 Å². The molecule has 1 fully saturated rings. The van der Waals surface area contributed by atoms with E-state index in [0.29, 0.717) is 0 Å². The topological polar surface area (TPSA) is 102 Å². The van der Waals surface area contributed by atoms with Crippen molar-refractivity contribution < 1.29 is 27.2 Å². The second kappa shape index (κ2) is 4.88. The van der Waals surface area contributed by atoms with Crippen molar-refractivity contribution in [2.45, 2.75) is 25.5 Å². The number of ether oxygens (including phenoxy) is 1. The molecule has 1 aliphatic heterocycles. The molecule has 0 saturated carbocycles. The lowest BCUT2D eigenvalue weighted by Crippen LogP contribution is -2.50. The molecule has 2 N–H and O–H groups in total. The largest absolute Gasteiger partial charge is 0.464 e. The third-order valence-electron chi connectivity index (χ3n) is 1.82. The van der Waals surface area contributed by atoms with Crippen molar-refractivity contribution >= 4 is 16.3 Å². The van der Waals surface area contributed by atoms with Crippen LogP contribution in [0.3, 0.4) is 0 Å². The molecular weight excluding hydrogens is 226 g/mol. The summed E-state index contributed by atoms with van der Waals surface area (Å²) in [6, 6.07) is -0.710. The predicted octanol–water partition coefficient (Wildman–Crippen LogP) is -1.47. The van der Waals surface area contributed by atoms with Gasteiger partial charge in [-0.3, -0.25) is 0 Å². The van der Waals surface area contributed by atoms with Gasteiger partial charge in [0, 0.05) is 6.42 Å². The third-order valence-corrected chi connectivity index (χ3v) is 2.93. The maximum Gasteiger partial charge on any atom is 0.337 e. The van der Waals surface area contributed by atoms with Gasteiger partial charge in [0.25, 0.3) is 0 Å². The highest BCUT2D eigenvalue weighted by Crippen LogP contribution is 2.15. The first-order valence-corrected chi connectivity index (χ1v) is 5.87. The molecule has 2 atom stereocenters. The minimum Gasteiger partial charge on any atom is -0.464 e. The van der Waals surface area contributed by atoms with Gasteiger partial charge in [-0.15, -0.1) is 0 Å². The fourth-order valence-corrected chi connectivity index (χ4v) is 2.31. The summed E-state index contributed by atoms with van der Waals surface area (Å²) in [6.45, 7) is 1.37. The monoisotopic (exact) mass is 239 g/mol. The molecule has 15 heavy (non-hydrogen) atoms. The quantitative estimate of drug-likeness (QED) is 0.583. The van der Waals surface area contributed by atoms with Gasteiger partial charge in [-0.25, -0.2) is 8.98 Å². The van der Waals surface area contributed by atoms with E-state index in [9.17, 15) is 13.2 Å². The highest BCUT2D eigenvalue weighted by molar-refractivity contribution is 7.84. The molecule has 0 aromatic rings. The van der Waals surface area contributed by atoms with E-state index in [4.69, 9.17) is 5.11 Å². The van der Waals surface area contributed by atoms with Crippen LogP contribution in [-0.4, -0.2) is 44.9 Å². The maximum atomic E-state index is 11.2. The SMILES string of the molecule is CCOC(=O)C1CC(CO)NS(=O)(=O)O1. The van der Waals surface area contributed by atoms with Crippen LogP contribution in [0, 0.1) is 0 Å². The number of aliphatic hydroxyl groups is 1. The number of hydrogen-bond acceptors (Lipinski definition) is 6. The van der Waals surface area contributed by atoms with Crippen LogP contribution in [0.4, 0.5) is 0 Å². The number of nitrogens with one attached hydrogen (secondary N) is 1. The summed E-state index contributed by atoms with van der Waals surface area (Å²) in [4.78, 5) is 11.2. The van der Waals surface area contributed by atoms with Gasteiger partial charge in [-0.05, 0) is 6.92 Å². The Morgan fingerprint density at radius 1 is 1.67 bits per heavy atom. The standard InChI is InChI=1S/C7H13NO6S/c1-2-13-7(10)6-3-5(4-9)8-15(11,12)14-6/h5-6,8-9H,2-4H2,1H3. The summed E-state index contributed by atoms with van der Waals surface area (Å²) in [5.41, 5.74) is 0. The fourth-order valence-electron chi connectivity index (χ4n) is 1.21. The molecule has 2 unspecified atom stereocenters. The van der Waals surface area contributed by atoms with Crippen LogP contribution < -0.4 is 4.72 Å². The van der Waals surface area contributed by atoms with Crippen molar-refractivity contribution in [3.63, 3.8) is 0 Å². The first-order valence-electron chi connectivity index (χ1n) is 4.46. The number of aliphatic hydroxyl groups excluding tert-OH is 1. The lowest BCUT2D eigenvalue weighted by molar-refractivity contribution is -0.152. The van der Waals surface area contributed by atoms with Crippen LogP contribution in [0.1, 0.15) is 13.3 Å². The van der Waals surface area contributed by atoms with Crippen LogP contribution in [0.25, 0.3) is 0 Å². The highest BCUT2D eigenvalue weighted by Gasteiger charge is 2.36. The second-order valence-electron chi connectivity index (χ2n) is 3.02. The highest BCUT2D eigenvalue weighted by atomic mass is 32.2. The average molecular weight is 239 g/mol. The minimum atomic E-state index is -3.97. The predicted molar refractivity (Wildman–Crippen MR) is 49.1 cm³/mol. The van der Waals surface area contributed by atoms with Crippen LogP contribution in [-0.2, 0) is 24.0 Å². The van der Waals surface area contributed by atoms with Gasteiger partial charge in [-0.1, -0.05) is 0 Å². The van der Waals surface area contributed by atoms with Crippen molar-refractivity contribution in [2.75, 3.05) is 13.2 Å². The van der Waals surface area contributed by atoms with Gasteiger partial charge in [-0.2, -0.15) is 13.1 Å². The zero-order valence-corrected chi connectivity index (χ0v) is 8.99. The van der Waals surface area contributed by atoms with Crippen molar-refractivity contribution in [3.8, 4) is 0 Å². The Morgan fingerprint density at radius 2 is 2.33 bits per heavy atom. The van der Waals surface area contributed by atoms with E-state index in [0.717, 1.165) is 0 Å². The molecule has 0 spiro atoms. The lowest BCUT2D eigenvalue weighted by atomic mass is 10.1. The summed E-state index contributed by atoms with van der Waals surface area (Å²) < 4.78 is 33.4. The molecule has 1 aliphatic rings. The van der Waals surface area contributed by atoms with E-state index < -0.39 is 35.0 Å². The van der Waals surface area contributed by atoms with Gasteiger partial charge < -0.3 is 9.84 Å². The Balaban J connectivity index is 2.70. The van der Waals surface area contributed by atoms with Gasteiger partial charge in [0.1, 0.15) is 0 Å². The van der Waals surface area contributed by atoms with Gasteiger partial charge in [0.05, 0.1) is 19.3 Å². The molecular formula is C7H13NO6S.